The summed E-state index contributed by atoms with van der Waals surface area (Å²) in [6.07, 6.45) is 5.02. The van der Waals surface area contributed by atoms with Gasteiger partial charge in [0.2, 0.25) is 11.8 Å². The highest BCUT2D eigenvalue weighted by Crippen LogP contribution is 2.29. The van der Waals surface area contributed by atoms with E-state index in [1.807, 2.05) is 42.5 Å². The number of ether oxygens (including phenoxy) is 2. The zero-order valence-electron chi connectivity index (χ0n) is 12.9. The predicted molar refractivity (Wildman–Crippen MR) is 90.2 cm³/mol. The van der Waals surface area contributed by atoms with Crippen LogP contribution in [0.4, 0.5) is 0 Å². The first-order valence-corrected chi connectivity index (χ1v) is 7.69. The van der Waals surface area contributed by atoms with Gasteiger partial charge in [0.25, 0.3) is 0 Å². The number of aliphatic imine (C=N–C) groups is 1. The fraction of sp³-hybridized carbons (Fsp3) is 0.105. The first-order chi connectivity index (χ1) is 11.9. The first-order valence-electron chi connectivity index (χ1n) is 7.69. The summed E-state index contributed by atoms with van der Waals surface area (Å²) in [7, 11) is 0. The number of nitrogens with zero attached hydrogens (tertiary/aromatic N) is 3. The Labute approximate surface area is 139 Å². The molecule has 0 saturated carbocycles. The second-order valence-corrected chi connectivity index (χ2v) is 5.32. The van der Waals surface area contributed by atoms with Crippen LogP contribution in [0.1, 0.15) is 17.2 Å². The van der Waals surface area contributed by atoms with E-state index >= 15 is 0 Å². The summed E-state index contributed by atoms with van der Waals surface area (Å²) < 4.78 is 11.6. The molecule has 1 atom stereocenters. The van der Waals surface area contributed by atoms with E-state index < -0.39 is 0 Å². The lowest BCUT2D eigenvalue weighted by Gasteiger charge is -2.08. The first kappa shape index (κ1) is 14.4. The molecule has 3 heterocycles. The van der Waals surface area contributed by atoms with Crippen molar-refractivity contribution in [1.29, 1.82) is 0 Å². The van der Waals surface area contributed by atoms with Gasteiger partial charge in [-0.3, -0.25) is 4.98 Å². The van der Waals surface area contributed by atoms with Crippen molar-refractivity contribution < 1.29 is 9.47 Å². The zero-order valence-corrected chi connectivity index (χ0v) is 12.9. The number of pyridine rings is 2. The minimum absolute atomic E-state index is 0.00681. The molecule has 4 rings (SSSR count). The van der Waals surface area contributed by atoms with E-state index in [-0.39, 0.29) is 6.04 Å². The van der Waals surface area contributed by atoms with Crippen molar-refractivity contribution in [2.24, 2.45) is 4.99 Å². The van der Waals surface area contributed by atoms with Gasteiger partial charge >= 0.3 is 0 Å². The molecule has 24 heavy (non-hydrogen) atoms. The van der Waals surface area contributed by atoms with E-state index in [1.165, 1.54) is 0 Å². The van der Waals surface area contributed by atoms with Crippen LogP contribution in [0.5, 0.6) is 11.6 Å². The van der Waals surface area contributed by atoms with Crippen LogP contribution >= 0.6 is 0 Å². The van der Waals surface area contributed by atoms with E-state index in [2.05, 4.69) is 27.1 Å². The standard InChI is InChI=1S/C19H15N3O2/c1-2-6-14(7-3-1)17-13-23-19(22-17)16-9-5-11-21-18(16)24-15-8-4-10-20-12-15/h1-12,17H,13H2. The third-order valence-electron chi connectivity index (χ3n) is 3.69. The third-order valence-corrected chi connectivity index (χ3v) is 3.69. The van der Waals surface area contributed by atoms with Crippen molar-refractivity contribution in [2.75, 3.05) is 6.61 Å². The Balaban J connectivity index is 1.63. The van der Waals surface area contributed by atoms with Crippen LogP contribution in [0.2, 0.25) is 0 Å². The van der Waals surface area contributed by atoms with E-state index in [4.69, 9.17) is 9.47 Å². The molecule has 5 heteroatoms. The molecule has 0 radical (unpaired) electrons. The molecule has 0 bridgehead atoms. The topological polar surface area (TPSA) is 56.6 Å². The molecule has 2 aromatic heterocycles. The molecule has 0 N–H and O–H groups in total. The van der Waals surface area contributed by atoms with Crippen LogP contribution in [0.3, 0.4) is 0 Å². The van der Waals surface area contributed by atoms with Gasteiger partial charge in [-0.05, 0) is 29.8 Å². The van der Waals surface area contributed by atoms with Crippen LogP contribution in [0, 0.1) is 0 Å². The molecule has 0 amide bonds. The van der Waals surface area contributed by atoms with Crippen molar-refractivity contribution >= 4 is 5.90 Å². The van der Waals surface area contributed by atoms with Crippen LogP contribution in [0.15, 0.2) is 78.2 Å². The predicted octanol–water partition coefficient (Wildman–Crippen LogP) is 3.79. The number of benzene rings is 1. The van der Waals surface area contributed by atoms with Crippen LogP contribution in [0.25, 0.3) is 0 Å². The molecule has 1 aliphatic rings. The van der Waals surface area contributed by atoms with Gasteiger partial charge in [0.15, 0.2) is 0 Å². The Morgan fingerprint density at radius 3 is 2.67 bits per heavy atom. The fourth-order valence-corrected chi connectivity index (χ4v) is 2.52. The van der Waals surface area contributed by atoms with E-state index in [0.717, 1.165) is 11.1 Å². The van der Waals surface area contributed by atoms with Gasteiger partial charge in [-0.1, -0.05) is 30.3 Å². The SMILES string of the molecule is c1ccc(C2COC(c3cccnc3Oc3cccnc3)=N2)cc1. The van der Waals surface area contributed by atoms with Gasteiger partial charge in [0, 0.05) is 12.4 Å². The average molecular weight is 317 g/mol. The maximum Gasteiger partial charge on any atom is 0.232 e. The monoisotopic (exact) mass is 317 g/mol. The summed E-state index contributed by atoms with van der Waals surface area (Å²) in [5.74, 6) is 1.63. The lowest BCUT2D eigenvalue weighted by atomic mass is 10.1. The minimum Gasteiger partial charge on any atom is -0.475 e. The molecule has 0 spiro atoms. The van der Waals surface area contributed by atoms with Crippen molar-refractivity contribution in [2.45, 2.75) is 6.04 Å². The van der Waals surface area contributed by atoms with Crippen LogP contribution in [-0.4, -0.2) is 22.5 Å². The molecular weight excluding hydrogens is 302 g/mol. The van der Waals surface area contributed by atoms with Gasteiger partial charge in [-0.2, -0.15) is 0 Å². The lowest BCUT2D eigenvalue weighted by Crippen LogP contribution is -2.04. The molecule has 0 fully saturated rings. The fourth-order valence-electron chi connectivity index (χ4n) is 2.52. The summed E-state index contributed by atoms with van der Waals surface area (Å²) in [6.45, 7) is 0.514. The summed E-state index contributed by atoms with van der Waals surface area (Å²) >= 11 is 0. The molecular formula is C19H15N3O2. The van der Waals surface area contributed by atoms with E-state index in [1.54, 1.807) is 18.6 Å². The van der Waals surface area contributed by atoms with Crippen LogP contribution in [-0.2, 0) is 4.74 Å². The van der Waals surface area contributed by atoms with Gasteiger partial charge in [-0.15, -0.1) is 0 Å². The smallest absolute Gasteiger partial charge is 0.232 e. The number of rotatable bonds is 4. The summed E-state index contributed by atoms with van der Waals surface area (Å²) in [6, 6.07) is 17.5. The quantitative estimate of drug-likeness (QED) is 0.734. The van der Waals surface area contributed by atoms with Gasteiger partial charge in [0.05, 0.1) is 11.8 Å². The Bertz CT molecular complexity index is 851. The molecule has 118 valence electrons. The van der Waals surface area contributed by atoms with Crippen molar-refractivity contribution in [3.63, 3.8) is 0 Å². The third kappa shape index (κ3) is 2.96. The van der Waals surface area contributed by atoms with Crippen LogP contribution < -0.4 is 4.74 Å². The average Bonchev–Trinajstić information content (AvgIpc) is 3.14. The molecule has 1 unspecified atom stereocenters. The highest BCUT2D eigenvalue weighted by Gasteiger charge is 2.24. The molecule has 5 nitrogen and oxygen atoms in total. The Kier molecular flexibility index (Phi) is 3.90. The van der Waals surface area contributed by atoms with Gasteiger partial charge < -0.3 is 9.47 Å². The number of aromatic nitrogens is 2. The Morgan fingerprint density at radius 1 is 0.958 bits per heavy atom. The maximum atomic E-state index is 5.83. The van der Waals surface area contributed by atoms with Crippen molar-refractivity contribution in [3.8, 4) is 11.6 Å². The van der Waals surface area contributed by atoms with Crippen molar-refractivity contribution in [3.05, 3.63) is 84.3 Å². The molecule has 1 aromatic carbocycles. The molecule has 0 saturated heterocycles. The van der Waals surface area contributed by atoms with E-state index in [9.17, 15) is 0 Å². The van der Waals surface area contributed by atoms with E-state index in [0.29, 0.717) is 24.1 Å². The second kappa shape index (κ2) is 6.50. The number of hydrogen-bond donors (Lipinski definition) is 0. The highest BCUT2D eigenvalue weighted by molar-refractivity contribution is 5.97. The highest BCUT2D eigenvalue weighted by atomic mass is 16.5. The Morgan fingerprint density at radius 2 is 1.83 bits per heavy atom. The summed E-state index contributed by atoms with van der Waals surface area (Å²) in [5, 5.41) is 0. The second-order valence-electron chi connectivity index (χ2n) is 5.32. The number of hydrogen-bond acceptors (Lipinski definition) is 5. The molecule has 0 aliphatic carbocycles. The maximum absolute atomic E-state index is 5.83. The summed E-state index contributed by atoms with van der Waals surface area (Å²) in [5.41, 5.74) is 1.87. The normalized spacial score (nSPS) is 16.3. The van der Waals surface area contributed by atoms with Crippen molar-refractivity contribution in [1.82, 2.24) is 9.97 Å². The Hall–Kier alpha value is -3.21. The zero-order chi connectivity index (χ0) is 16.2. The largest absolute Gasteiger partial charge is 0.475 e. The van der Waals surface area contributed by atoms with Gasteiger partial charge in [-0.25, -0.2) is 9.98 Å². The van der Waals surface area contributed by atoms with Gasteiger partial charge in [0.1, 0.15) is 18.4 Å². The molecule has 1 aliphatic heterocycles. The minimum atomic E-state index is -0.00681. The lowest BCUT2D eigenvalue weighted by molar-refractivity contribution is 0.318. The summed E-state index contributed by atoms with van der Waals surface area (Å²) in [4.78, 5) is 13.0. The molecule has 3 aromatic rings.